The molecule has 6 nitrogen and oxygen atoms in total. The lowest BCUT2D eigenvalue weighted by atomic mass is 10.0. The summed E-state index contributed by atoms with van der Waals surface area (Å²) in [6.07, 6.45) is 1.68. The third-order valence-corrected chi connectivity index (χ3v) is 5.56. The second kappa shape index (κ2) is 11.0. The Morgan fingerprint density at radius 2 is 1.57 bits per heavy atom. The molecule has 1 aliphatic rings. The van der Waals surface area contributed by atoms with Crippen LogP contribution >= 0.6 is 11.6 Å². The number of piperazine rings is 1. The van der Waals surface area contributed by atoms with Crippen molar-refractivity contribution >= 4 is 23.6 Å². The van der Waals surface area contributed by atoms with Gasteiger partial charge in [0.05, 0.1) is 0 Å². The second-order valence-electron chi connectivity index (χ2n) is 7.36. The zero-order valence-corrected chi connectivity index (χ0v) is 18.0. The summed E-state index contributed by atoms with van der Waals surface area (Å²) in [5.74, 6) is -0.303. The minimum atomic E-state index is -0.418. The third kappa shape index (κ3) is 6.47. The summed E-state index contributed by atoms with van der Waals surface area (Å²) in [5.41, 5.74) is 3.68. The molecule has 1 fully saturated rings. The molecule has 1 N–H and O–H groups in total. The molecule has 3 rings (SSSR count). The summed E-state index contributed by atoms with van der Waals surface area (Å²) >= 11 is 5.96. The molecular formula is C23H28ClN3O3. The number of amides is 2. The summed E-state index contributed by atoms with van der Waals surface area (Å²) < 4.78 is 5.01. The van der Waals surface area contributed by atoms with Crippen molar-refractivity contribution in [2.24, 2.45) is 0 Å². The Morgan fingerprint density at radius 1 is 0.967 bits per heavy atom. The maximum Gasteiger partial charge on any atom is 0.410 e. The summed E-state index contributed by atoms with van der Waals surface area (Å²) in [6, 6.07) is 16.6. The smallest absolute Gasteiger partial charge is 0.410 e. The number of carbonyl (C=O) groups excluding carboxylic acids is 2. The predicted molar refractivity (Wildman–Crippen MR) is 119 cm³/mol. The molecule has 160 valence electrons. The molecule has 0 spiro atoms. The number of aryl methyl sites for hydroxylation is 1. The van der Waals surface area contributed by atoms with Crippen LogP contribution in [0.2, 0.25) is 5.02 Å². The Bertz CT molecular complexity index is 832. The van der Waals surface area contributed by atoms with E-state index >= 15 is 0 Å². The van der Waals surface area contributed by atoms with E-state index in [4.69, 9.17) is 16.3 Å². The fourth-order valence-corrected chi connectivity index (χ4v) is 3.58. The number of likely N-dealkylation sites (N-methyl/N-ethyl adjacent to an activating group) is 1. The fourth-order valence-electron chi connectivity index (χ4n) is 3.46. The van der Waals surface area contributed by atoms with Crippen LogP contribution in [0.25, 0.3) is 11.1 Å². The van der Waals surface area contributed by atoms with Crippen LogP contribution in [-0.4, -0.2) is 68.2 Å². The molecule has 0 atom stereocenters. The highest BCUT2D eigenvalue weighted by atomic mass is 35.5. The van der Waals surface area contributed by atoms with Gasteiger partial charge in [-0.2, -0.15) is 0 Å². The van der Waals surface area contributed by atoms with Gasteiger partial charge in [-0.15, -0.1) is 0 Å². The Morgan fingerprint density at radius 3 is 2.17 bits per heavy atom. The first-order valence-corrected chi connectivity index (χ1v) is 10.6. The quantitative estimate of drug-likeness (QED) is 0.732. The normalized spacial score (nSPS) is 14.4. The minimum absolute atomic E-state index is 0.230. The maximum atomic E-state index is 12.0. The first kappa shape index (κ1) is 22.1. The average Bonchev–Trinajstić information content (AvgIpc) is 2.78. The molecular weight excluding hydrogens is 402 g/mol. The van der Waals surface area contributed by atoms with Crippen LogP contribution in [0.3, 0.4) is 0 Å². The van der Waals surface area contributed by atoms with Crippen molar-refractivity contribution in [3.05, 3.63) is 59.1 Å². The molecule has 2 aromatic rings. The van der Waals surface area contributed by atoms with Crippen LogP contribution in [0.15, 0.2) is 48.5 Å². The molecule has 0 aliphatic carbocycles. The zero-order chi connectivity index (χ0) is 21.3. The first-order valence-electron chi connectivity index (χ1n) is 10.2. The van der Waals surface area contributed by atoms with Crippen molar-refractivity contribution in [2.75, 3.05) is 46.4 Å². The van der Waals surface area contributed by atoms with E-state index in [9.17, 15) is 9.59 Å². The lowest BCUT2D eigenvalue weighted by Crippen LogP contribution is -2.49. The minimum Gasteiger partial charge on any atom is -0.439 e. The molecule has 1 aliphatic heterocycles. The van der Waals surface area contributed by atoms with E-state index < -0.39 is 6.09 Å². The van der Waals surface area contributed by atoms with Crippen molar-refractivity contribution in [2.45, 2.75) is 12.8 Å². The van der Waals surface area contributed by atoms with Crippen LogP contribution in [-0.2, 0) is 16.0 Å². The van der Waals surface area contributed by atoms with Gasteiger partial charge in [0.15, 0.2) is 6.61 Å². The van der Waals surface area contributed by atoms with Gasteiger partial charge in [-0.05, 0) is 48.2 Å². The molecule has 1 saturated heterocycles. The molecule has 0 unspecified atom stereocenters. The van der Waals surface area contributed by atoms with Gasteiger partial charge >= 0.3 is 6.09 Å². The highest BCUT2D eigenvalue weighted by Crippen LogP contribution is 2.22. The van der Waals surface area contributed by atoms with E-state index in [1.54, 1.807) is 4.90 Å². The van der Waals surface area contributed by atoms with Crippen LogP contribution in [0.5, 0.6) is 0 Å². The molecule has 1 heterocycles. The number of ether oxygens (including phenoxy) is 1. The molecule has 7 heteroatoms. The van der Waals surface area contributed by atoms with E-state index in [-0.39, 0.29) is 12.5 Å². The number of nitrogens with one attached hydrogen (secondary N) is 1. The molecule has 2 amide bonds. The molecule has 0 bridgehead atoms. The van der Waals surface area contributed by atoms with E-state index in [1.807, 2.05) is 24.3 Å². The van der Waals surface area contributed by atoms with Gasteiger partial charge < -0.3 is 15.0 Å². The van der Waals surface area contributed by atoms with Gasteiger partial charge in [-0.3, -0.25) is 9.69 Å². The molecule has 0 aromatic heterocycles. The number of rotatable bonds is 7. The van der Waals surface area contributed by atoms with Crippen LogP contribution in [0, 0.1) is 0 Å². The van der Waals surface area contributed by atoms with Crippen molar-refractivity contribution < 1.29 is 14.3 Å². The number of nitrogens with zero attached hydrogens (tertiary/aromatic N) is 2. The standard InChI is InChI=1S/C23H28ClN3O3/c1-25-22(28)17-30-23(29)27-15-13-26(14-16-27)12-2-3-18-4-6-19(7-5-18)20-8-10-21(24)11-9-20/h4-11H,2-3,12-17H2,1H3,(H,25,28). The number of halogens is 1. The van der Waals surface area contributed by atoms with Crippen LogP contribution in [0.4, 0.5) is 4.79 Å². The highest BCUT2D eigenvalue weighted by molar-refractivity contribution is 6.30. The maximum absolute atomic E-state index is 12.0. The van der Waals surface area contributed by atoms with Crippen molar-refractivity contribution in [1.82, 2.24) is 15.1 Å². The molecule has 2 aromatic carbocycles. The van der Waals surface area contributed by atoms with Crippen molar-refractivity contribution in [3.63, 3.8) is 0 Å². The third-order valence-electron chi connectivity index (χ3n) is 5.31. The zero-order valence-electron chi connectivity index (χ0n) is 17.3. The first-order chi connectivity index (χ1) is 14.5. The Hall–Kier alpha value is -2.57. The number of hydrogen-bond donors (Lipinski definition) is 1. The van der Waals surface area contributed by atoms with Gasteiger partial charge in [0, 0.05) is 38.2 Å². The van der Waals surface area contributed by atoms with Crippen LogP contribution < -0.4 is 5.32 Å². The Balaban J connectivity index is 1.36. The monoisotopic (exact) mass is 429 g/mol. The second-order valence-corrected chi connectivity index (χ2v) is 7.80. The number of carbonyl (C=O) groups is 2. The number of hydrogen-bond acceptors (Lipinski definition) is 4. The molecule has 30 heavy (non-hydrogen) atoms. The fraction of sp³-hybridized carbons (Fsp3) is 0.391. The number of benzene rings is 2. The topological polar surface area (TPSA) is 61.9 Å². The van der Waals surface area contributed by atoms with Gasteiger partial charge in [-0.25, -0.2) is 4.79 Å². The van der Waals surface area contributed by atoms with E-state index in [2.05, 4.69) is 34.5 Å². The van der Waals surface area contributed by atoms with Crippen molar-refractivity contribution in [1.29, 1.82) is 0 Å². The Labute approximate surface area is 182 Å². The summed E-state index contributed by atoms with van der Waals surface area (Å²) in [7, 11) is 1.52. The summed E-state index contributed by atoms with van der Waals surface area (Å²) in [6.45, 7) is 3.67. The summed E-state index contributed by atoms with van der Waals surface area (Å²) in [5, 5.41) is 3.18. The predicted octanol–water partition coefficient (Wildman–Crippen LogP) is 3.44. The van der Waals surface area contributed by atoms with Crippen molar-refractivity contribution in [3.8, 4) is 11.1 Å². The van der Waals surface area contributed by atoms with E-state index in [1.165, 1.54) is 18.2 Å². The summed E-state index contributed by atoms with van der Waals surface area (Å²) in [4.78, 5) is 27.2. The van der Waals surface area contributed by atoms with E-state index in [0.717, 1.165) is 43.1 Å². The van der Waals surface area contributed by atoms with E-state index in [0.29, 0.717) is 13.1 Å². The molecule has 0 radical (unpaired) electrons. The van der Waals surface area contributed by atoms with Gasteiger partial charge in [-0.1, -0.05) is 48.0 Å². The lowest BCUT2D eigenvalue weighted by Gasteiger charge is -2.34. The highest BCUT2D eigenvalue weighted by Gasteiger charge is 2.22. The van der Waals surface area contributed by atoms with Gasteiger partial charge in [0.2, 0.25) is 0 Å². The molecule has 0 saturated carbocycles. The lowest BCUT2D eigenvalue weighted by molar-refractivity contribution is -0.123. The van der Waals surface area contributed by atoms with Gasteiger partial charge in [0.1, 0.15) is 0 Å². The van der Waals surface area contributed by atoms with Crippen LogP contribution in [0.1, 0.15) is 12.0 Å². The SMILES string of the molecule is CNC(=O)COC(=O)N1CCN(CCCc2ccc(-c3ccc(Cl)cc3)cc2)CC1. The average molecular weight is 430 g/mol. The Kier molecular flexibility index (Phi) is 8.11. The van der Waals surface area contributed by atoms with Gasteiger partial charge in [0.25, 0.3) is 5.91 Å². The largest absolute Gasteiger partial charge is 0.439 e.